The first-order chi connectivity index (χ1) is 13.1. The van der Waals surface area contributed by atoms with Gasteiger partial charge in [0, 0.05) is 16.8 Å². The minimum absolute atomic E-state index is 0.341. The van der Waals surface area contributed by atoms with Crippen LogP contribution in [-0.4, -0.2) is 18.0 Å². The molecule has 6 heteroatoms. The van der Waals surface area contributed by atoms with E-state index in [-0.39, 0.29) is 11.8 Å². The van der Waals surface area contributed by atoms with Crippen molar-refractivity contribution >= 4 is 23.7 Å². The fraction of sp³-hybridized carbons (Fsp3) is 0. The van der Waals surface area contributed by atoms with Gasteiger partial charge in [-0.3, -0.25) is 9.59 Å². The molecule has 0 bridgehead atoms. The molecule has 0 aromatic heterocycles. The summed E-state index contributed by atoms with van der Waals surface area (Å²) in [5.74, 6) is -1.13. The van der Waals surface area contributed by atoms with E-state index in [1.54, 1.807) is 30.5 Å². The summed E-state index contributed by atoms with van der Waals surface area (Å²) in [7, 11) is 0. The number of nitrogens with one attached hydrogen (secondary N) is 2. The number of carbonyl (C=O) groups is 2. The van der Waals surface area contributed by atoms with Crippen molar-refractivity contribution in [2.45, 2.75) is 0 Å². The number of carbonyl (C=O) groups excluding carboxylic acids is 2. The second kappa shape index (κ2) is 8.53. The van der Waals surface area contributed by atoms with E-state index >= 15 is 0 Å². The molecule has 3 aromatic carbocycles. The number of halogens is 1. The van der Waals surface area contributed by atoms with Crippen LogP contribution in [0.15, 0.2) is 84.0 Å². The topological polar surface area (TPSA) is 70.6 Å². The fourth-order valence-electron chi connectivity index (χ4n) is 2.28. The van der Waals surface area contributed by atoms with Crippen LogP contribution in [0.1, 0.15) is 26.3 Å². The molecule has 0 unspecified atom stereocenters. The maximum Gasteiger partial charge on any atom is 0.271 e. The standard InChI is InChI=1S/C21H16FN3O2/c22-18-10-6-16(7-11-18)20(26)24-19-12-8-17(9-13-19)21(27)25-23-14-15-4-2-1-3-5-15/h1-14H,(H,24,26)(H,25,27)/b23-14-. The van der Waals surface area contributed by atoms with Crippen LogP contribution >= 0.6 is 0 Å². The summed E-state index contributed by atoms with van der Waals surface area (Å²) < 4.78 is 12.9. The fourth-order valence-corrected chi connectivity index (χ4v) is 2.28. The first-order valence-electron chi connectivity index (χ1n) is 8.17. The molecule has 5 nitrogen and oxygen atoms in total. The molecule has 0 aliphatic carbocycles. The second-order valence-electron chi connectivity index (χ2n) is 5.65. The van der Waals surface area contributed by atoms with Crippen LogP contribution in [-0.2, 0) is 0 Å². The minimum Gasteiger partial charge on any atom is -0.322 e. The van der Waals surface area contributed by atoms with E-state index in [2.05, 4.69) is 15.8 Å². The normalized spacial score (nSPS) is 10.6. The average molecular weight is 361 g/mol. The SMILES string of the molecule is O=C(N/N=C\c1ccccc1)c1ccc(NC(=O)c2ccc(F)cc2)cc1. The van der Waals surface area contributed by atoms with Crippen molar-refractivity contribution in [2.24, 2.45) is 5.10 Å². The molecule has 2 N–H and O–H groups in total. The lowest BCUT2D eigenvalue weighted by Crippen LogP contribution is -2.17. The molecular weight excluding hydrogens is 345 g/mol. The summed E-state index contributed by atoms with van der Waals surface area (Å²) in [5.41, 5.74) is 4.58. The Balaban J connectivity index is 1.57. The molecule has 0 saturated carbocycles. The smallest absolute Gasteiger partial charge is 0.271 e. The minimum atomic E-state index is -0.406. The third-order valence-corrected chi connectivity index (χ3v) is 3.69. The van der Waals surface area contributed by atoms with Crippen molar-refractivity contribution in [3.63, 3.8) is 0 Å². The molecule has 0 aliphatic heterocycles. The number of rotatable bonds is 5. The van der Waals surface area contributed by atoms with E-state index in [0.29, 0.717) is 16.8 Å². The van der Waals surface area contributed by atoms with Crippen molar-refractivity contribution < 1.29 is 14.0 Å². The maximum absolute atomic E-state index is 12.9. The number of hydrogen-bond donors (Lipinski definition) is 2. The summed E-state index contributed by atoms with van der Waals surface area (Å²) in [4.78, 5) is 24.2. The number of nitrogens with zero attached hydrogens (tertiary/aromatic N) is 1. The van der Waals surface area contributed by atoms with Crippen molar-refractivity contribution in [1.29, 1.82) is 0 Å². The Morgan fingerprint density at radius 3 is 2.04 bits per heavy atom. The molecular formula is C21H16FN3O2. The summed E-state index contributed by atoms with van der Waals surface area (Å²) in [6.07, 6.45) is 1.55. The number of hydrogen-bond acceptors (Lipinski definition) is 3. The van der Waals surface area contributed by atoms with Gasteiger partial charge in [0.2, 0.25) is 0 Å². The largest absolute Gasteiger partial charge is 0.322 e. The van der Waals surface area contributed by atoms with Gasteiger partial charge in [-0.1, -0.05) is 30.3 Å². The van der Waals surface area contributed by atoms with Gasteiger partial charge in [-0.05, 0) is 54.1 Å². The lowest BCUT2D eigenvalue weighted by Gasteiger charge is -2.06. The van der Waals surface area contributed by atoms with E-state index in [9.17, 15) is 14.0 Å². The lowest BCUT2D eigenvalue weighted by molar-refractivity contribution is 0.0954. The predicted octanol–water partition coefficient (Wildman–Crippen LogP) is 3.84. The Hall–Kier alpha value is -3.80. The van der Waals surface area contributed by atoms with Crippen LogP contribution in [0.3, 0.4) is 0 Å². The average Bonchev–Trinajstić information content (AvgIpc) is 2.70. The van der Waals surface area contributed by atoms with Gasteiger partial charge >= 0.3 is 0 Å². The summed E-state index contributed by atoms with van der Waals surface area (Å²) in [6.45, 7) is 0. The van der Waals surface area contributed by atoms with Gasteiger partial charge in [0.1, 0.15) is 5.82 Å². The maximum atomic E-state index is 12.9. The van der Waals surface area contributed by atoms with E-state index in [1.165, 1.54) is 24.3 Å². The molecule has 27 heavy (non-hydrogen) atoms. The van der Waals surface area contributed by atoms with E-state index in [1.807, 2.05) is 30.3 Å². The zero-order valence-corrected chi connectivity index (χ0v) is 14.2. The number of anilines is 1. The molecule has 0 radical (unpaired) electrons. The predicted molar refractivity (Wildman–Crippen MR) is 102 cm³/mol. The molecule has 0 saturated heterocycles. The zero-order chi connectivity index (χ0) is 19.1. The molecule has 3 rings (SSSR count). The highest BCUT2D eigenvalue weighted by molar-refractivity contribution is 6.04. The van der Waals surface area contributed by atoms with Gasteiger partial charge in [0.15, 0.2) is 0 Å². The monoisotopic (exact) mass is 361 g/mol. The highest BCUT2D eigenvalue weighted by Gasteiger charge is 2.08. The second-order valence-corrected chi connectivity index (χ2v) is 5.65. The Kier molecular flexibility index (Phi) is 5.69. The van der Waals surface area contributed by atoms with E-state index < -0.39 is 5.82 Å². The van der Waals surface area contributed by atoms with Crippen LogP contribution < -0.4 is 10.7 Å². The molecule has 3 aromatic rings. The number of amides is 2. The Morgan fingerprint density at radius 1 is 0.778 bits per heavy atom. The van der Waals surface area contributed by atoms with Crippen molar-refractivity contribution in [3.8, 4) is 0 Å². The quantitative estimate of drug-likeness (QED) is 0.535. The molecule has 134 valence electrons. The van der Waals surface area contributed by atoms with Crippen LogP contribution in [0.25, 0.3) is 0 Å². The molecule has 0 fully saturated rings. The van der Waals surface area contributed by atoms with Crippen molar-refractivity contribution in [1.82, 2.24) is 5.43 Å². The Morgan fingerprint density at radius 2 is 1.37 bits per heavy atom. The van der Waals surface area contributed by atoms with Crippen molar-refractivity contribution in [3.05, 3.63) is 101 Å². The van der Waals surface area contributed by atoms with Crippen LogP contribution in [0, 0.1) is 5.82 Å². The first kappa shape index (κ1) is 18.0. The number of hydrazone groups is 1. The summed E-state index contributed by atoms with van der Waals surface area (Å²) in [5, 5.41) is 6.60. The molecule has 2 amide bonds. The van der Waals surface area contributed by atoms with Crippen LogP contribution in [0.4, 0.5) is 10.1 Å². The zero-order valence-electron chi connectivity index (χ0n) is 14.2. The van der Waals surface area contributed by atoms with E-state index in [4.69, 9.17) is 0 Å². The first-order valence-corrected chi connectivity index (χ1v) is 8.17. The Bertz CT molecular complexity index is 953. The van der Waals surface area contributed by atoms with Crippen LogP contribution in [0.5, 0.6) is 0 Å². The molecule has 0 heterocycles. The van der Waals surface area contributed by atoms with Gasteiger partial charge in [-0.2, -0.15) is 5.10 Å². The number of benzene rings is 3. The lowest BCUT2D eigenvalue weighted by atomic mass is 10.1. The molecule has 0 aliphatic rings. The summed E-state index contributed by atoms with van der Waals surface area (Å²) in [6, 6.07) is 21.0. The molecule has 0 atom stereocenters. The van der Waals surface area contributed by atoms with Gasteiger partial charge in [-0.15, -0.1) is 0 Å². The Labute approximate surface area is 155 Å². The van der Waals surface area contributed by atoms with Gasteiger partial charge < -0.3 is 5.32 Å². The molecule has 0 spiro atoms. The summed E-state index contributed by atoms with van der Waals surface area (Å²) >= 11 is 0. The van der Waals surface area contributed by atoms with Gasteiger partial charge in [-0.25, -0.2) is 9.82 Å². The van der Waals surface area contributed by atoms with Gasteiger partial charge in [0.25, 0.3) is 11.8 Å². The van der Waals surface area contributed by atoms with Crippen molar-refractivity contribution in [2.75, 3.05) is 5.32 Å². The third kappa shape index (κ3) is 5.09. The van der Waals surface area contributed by atoms with Crippen LogP contribution in [0.2, 0.25) is 0 Å². The third-order valence-electron chi connectivity index (χ3n) is 3.69. The highest BCUT2D eigenvalue weighted by Crippen LogP contribution is 2.12. The van der Waals surface area contributed by atoms with Gasteiger partial charge in [0.05, 0.1) is 6.21 Å². The highest BCUT2D eigenvalue weighted by atomic mass is 19.1. The van der Waals surface area contributed by atoms with E-state index in [0.717, 1.165) is 5.56 Å².